The third-order valence-corrected chi connectivity index (χ3v) is 4.28. The van der Waals surface area contributed by atoms with Gasteiger partial charge in [-0.05, 0) is 26.0 Å². The van der Waals surface area contributed by atoms with Gasteiger partial charge in [-0.3, -0.25) is 4.79 Å². The number of hydrogen-bond acceptors (Lipinski definition) is 4. The molecule has 0 fully saturated rings. The minimum atomic E-state index is -0.0626. The molecule has 0 saturated heterocycles. The zero-order valence-electron chi connectivity index (χ0n) is 13.1. The van der Waals surface area contributed by atoms with Gasteiger partial charge in [0.25, 0.3) is 0 Å². The first-order valence-electron chi connectivity index (χ1n) is 7.45. The minimum absolute atomic E-state index is 0.0626. The molecular weight excluding hydrogens is 308 g/mol. The Morgan fingerprint density at radius 3 is 2.87 bits per heavy atom. The molecule has 3 aromatic rings. The lowest BCUT2D eigenvalue weighted by Gasteiger charge is -2.11. The van der Waals surface area contributed by atoms with E-state index in [9.17, 15) is 4.79 Å². The summed E-state index contributed by atoms with van der Waals surface area (Å²) in [6.07, 6.45) is 1.69. The molecule has 0 bridgehead atoms. The smallest absolute Gasteiger partial charge is 0.235 e. The number of aromatic nitrogens is 3. The first-order chi connectivity index (χ1) is 11.1. The van der Waals surface area contributed by atoms with Crippen molar-refractivity contribution >= 4 is 34.4 Å². The maximum absolute atomic E-state index is 12.1. The molecule has 1 aromatic carbocycles. The number of carbonyl (C=O) groups excluding carboxylic acids is 1. The molecule has 1 amide bonds. The van der Waals surface area contributed by atoms with Crippen LogP contribution in [-0.4, -0.2) is 26.4 Å². The molecule has 1 N–H and O–H groups in total. The van der Waals surface area contributed by atoms with Crippen molar-refractivity contribution in [2.24, 2.45) is 0 Å². The van der Waals surface area contributed by atoms with Gasteiger partial charge in [0.1, 0.15) is 5.82 Å². The van der Waals surface area contributed by atoms with Crippen LogP contribution in [0.15, 0.2) is 53.7 Å². The SMILES string of the molecule is CC(C)n1nccc1NC(=O)CSc1ccc2ccccc2n1. The lowest BCUT2D eigenvalue weighted by molar-refractivity contribution is -0.113. The summed E-state index contributed by atoms with van der Waals surface area (Å²) < 4.78 is 1.79. The van der Waals surface area contributed by atoms with E-state index in [1.165, 1.54) is 11.8 Å². The number of pyridine rings is 1. The quantitative estimate of drug-likeness (QED) is 0.726. The highest BCUT2D eigenvalue weighted by Crippen LogP contribution is 2.20. The summed E-state index contributed by atoms with van der Waals surface area (Å²) in [4.78, 5) is 16.7. The third kappa shape index (κ3) is 3.71. The summed E-state index contributed by atoms with van der Waals surface area (Å²) in [5.74, 6) is 0.971. The first kappa shape index (κ1) is 15.6. The van der Waals surface area contributed by atoms with Crippen molar-refractivity contribution in [3.8, 4) is 0 Å². The number of benzene rings is 1. The van der Waals surface area contributed by atoms with Gasteiger partial charge in [0.2, 0.25) is 5.91 Å². The van der Waals surface area contributed by atoms with Crippen LogP contribution in [0, 0.1) is 0 Å². The van der Waals surface area contributed by atoms with E-state index in [-0.39, 0.29) is 11.9 Å². The highest BCUT2D eigenvalue weighted by Gasteiger charge is 2.10. The van der Waals surface area contributed by atoms with Gasteiger partial charge in [-0.15, -0.1) is 0 Å². The topological polar surface area (TPSA) is 59.8 Å². The molecule has 2 heterocycles. The Hall–Kier alpha value is -2.34. The molecule has 0 radical (unpaired) electrons. The first-order valence-corrected chi connectivity index (χ1v) is 8.44. The van der Waals surface area contributed by atoms with Gasteiger partial charge in [0.15, 0.2) is 0 Å². The number of thioether (sulfide) groups is 1. The van der Waals surface area contributed by atoms with Crippen molar-refractivity contribution < 1.29 is 4.79 Å². The molecule has 23 heavy (non-hydrogen) atoms. The predicted octanol–water partition coefficient (Wildman–Crippen LogP) is 3.74. The second-order valence-electron chi connectivity index (χ2n) is 5.43. The fourth-order valence-corrected chi connectivity index (χ4v) is 2.95. The zero-order chi connectivity index (χ0) is 16.2. The molecule has 6 heteroatoms. The van der Waals surface area contributed by atoms with Gasteiger partial charge in [-0.1, -0.05) is 36.0 Å². The lowest BCUT2D eigenvalue weighted by Crippen LogP contribution is -2.18. The minimum Gasteiger partial charge on any atom is -0.310 e. The predicted molar refractivity (Wildman–Crippen MR) is 93.7 cm³/mol. The average molecular weight is 326 g/mol. The summed E-state index contributed by atoms with van der Waals surface area (Å²) in [5, 5.41) is 9.04. The van der Waals surface area contributed by atoms with Gasteiger partial charge in [-0.2, -0.15) is 5.10 Å². The highest BCUT2D eigenvalue weighted by atomic mass is 32.2. The van der Waals surface area contributed by atoms with Crippen LogP contribution >= 0.6 is 11.8 Å². The van der Waals surface area contributed by atoms with E-state index in [1.807, 2.05) is 50.2 Å². The molecule has 0 aliphatic heterocycles. The standard InChI is InChI=1S/C17H18N4OS/c1-12(2)21-15(9-10-18-21)20-16(22)11-23-17-8-7-13-5-3-4-6-14(13)19-17/h3-10,12H,11H2,1-2H3,(H,20,22). The Kier molecular flexibility index (Phi) is 4.62. The second kappa shape index (κ2) is 6.83. The van der Waals surface area contributed by atoms with Crippen molar-refractivity contribution in [2.45, 2.75) is 24.9 Å². The van der Waals surface area contributed by atoms with Crippen molar-refractivity contribution in [3.05, 3.63) is 48.7 Å². The fourth-order valence-electron chi connectivity index (χ4n) is 2.27. The molecule has 0 atom stereocenters. The summed E-state index contributed by atoms with van der Waals surface area (Å²) in [7, 11) is 0. The monoisotopic (exact) mass is 326 g/mol. The second-order valence-corrected chi connectivity index (χ2v) is 6.43. The normalized spacial score (nSPS) is 11.1. The molecule has 0 saturated carbocycles. The number of amides is 1. The number of anilines is 1. The van der Waals surface area contributed by atoms with Crippen LogP contribution in [0.1, 0.15) is 19.9 Å². The number of nitrogens with one attached hydrogen (secondary N) is 1. The van der Waals surface area contributed by atoms with Crippen LogP contribution in [0.3, 0.4) is 0 Å². The van der Waals surface area contributed by atoms with Crippen LogP contribution in [0.4, 0.5) is 5.82 Å². The summed E-state index contributed by atoms with van der Waals surface area (Å²) in [6.45, 7) is 4.05. The molecular formula is C17H18N4OS. The Labute approximate surface area is 139 Å². The van der Waals surface area contributed by atoms with Gasteiger partial charge in [0.05, 0.1) is 22.5 Å². The van der Waals surface area contributed by atoms with E-state index in [1.54, 1.807) is 16.9 Å². The zero-order valence-corrected chi connectivity index (χ0v) is 13.9. The van der Waals surface area contributed by atoms with Gasteiger partial charge < -0.3 is 5.32 Å². The van der Waals surface area contributed by atoms with Crippen LogP contribution in [-0.2, 0) is 4.79 Å². The Morgan fingerprint density at radius 1 is 1.22 bits per heavy atom. The van der Waals surface area contributed by atoms with Crippen LogP contribution in [0.5, 0.6) is 0 Å². The van der Waals surface area contributed by atoms with Gasteiger partial charge in [0, 0.05) is 17.5 Å². The molecule has 2 aromatic heterocycles. The molecule has 0 spiro atoms. The Morgan fingerprint density at radius 2 is 2.04 bits per heavy atom. The Bertz CT molecular complexity index is 828. The molecule has 0 aliphatic carbocycles. The summed E-state index contributed by atoms with van der Waals surface area (Å²) >= 11 is 1.43. The molecule has 0 aliphatic rings. The maximum atomic E-state index is 12.1. The van der Waals surface area contributed by atoms with Crippen LogP contribution in [0.25, 0.3) is 10.9 Å². The fraction of sp³-hybridized carbons (Fsp3) is 0.235. The van der Waals surface area contributed by atoms with Gasteiger partial charge in [-0.25, -0.2) is 9.67 Å². The van der Waals surface area contributed by atoms with Crippen molar-refractivity contribution in [1.29, 1.82) is 0 Å². The van der Waals surface area contributed by atoms with E-state index in [0.717, 1.165) is 21.7 Å². The van der Waals surface area contributed by atoms with Crippen molar-refractivity contribution in [2.75, 3.05) is 11.1 Å². The van der Waals surface area contributed by atoms with Crippen molar-refractivity contribution in [3.63, 3.8) is 0 Å². The highest BCUT2D eigenvalue weighted by molar-refractivity contribution is 7.99. The van der Waals surface area contributed by atoms with Crippen LogP contribution in [0.2, 0.25) is 0 Å². The summed E-state index contributed by atoms with van der Waals surface area (Å²) in [6, 6.07) is 13.9. The molecule has 0 unspecified atom stereocenters. The molecule has 3 rings (SSSR count). The van der Waals surface area contributed by atoms with E-state index in [4.69, 9.17) is 0 Å². The number of rotatable bonds is 5. The number of hydrogen-bond donors (Lipinski definition) is 1. The number of para-hydroxylation sites is 1. The van der Waals surface area contributed by atoms with E-state index >= 15 is 0 Å². The van der Waals surface area contributed by atoms with E-state index < -0.39 is 0 Å². The van der Waals surface area contributed by atoms with Gasteiger partial charge >= 0.3 is 0 Å². The maximum Gasteiger partial charge on any atom is 0.235 e. The number of fused-ring (bicyclic) bond motifs is 1. The number of nitrogens with zero attached hydrogens (tertiary/aromatic N) is 3. The molecule has 118 valence electrons. The third-order valence-electron chi connectivity index (χ3n) is 3.35. The summed E-state index contributed by atoms with van der Waals surface area (Å²) in [5.41, 5.74) is 0.941. The van der Waals surface area contributed by atoms with Crippen LogP contribution < -0.4 is 5.32 Å². The lowest BCUT2D eigenvalue weighted by atomic mass is 10.2. The number of carbonyl (C=O) groups is 1. The molecule has 5 nitrogen and oxygen atoms in total. The largest absolute Gasteiger partial charge is 0.310 e. The van der Waals surface area contributed by atoms with E-state index in [2.05, 4.69) is 15.4 Å². The van der Waals surface area contributed by atoms with E-state index in [0.29, 0.717) is 5.75 Å². The van der Waals surface area contributed by atoms with Crippen molar-refractivity contribution in [1.82, 2.24) is 14.8 Å². The Balaban J connectivity index is 1.62. The average Bonchev–Trinajstić information content (AvgIpc) is 3.01.